The van der Waals surface area contributed by atoms with E-state index in [1.807, 2.05) is 20.8 Å². The molecule has 0 spiro atoms. The van der Waals surface area contributed by atoms with E-state index in [2.05, 4.69) is 4.72 Å². The molecule has 0 saturated heterocycles. The van der Waals surface area contributed by atoms with Crippen LogP contribution in [0.25, 0.3) is 0 Å². The van der Waals surface area contributed by atoms with Crippen LogP contribution < -0.4 is 14.2 Å². The first kappa shape index (κ1) is 15.8. The second-order valence-corrected chi connectivity index (χ2v) is 6.45. The number of ether oxygens (including phenoxy) is 2. The van der Waals surface area contributed by atoms with Gasteiger partial charge >= 0.3 is 0 Å². The molecule has 0 aromatic heterocycles. The zero-order chi connectivity index (χ0) is 14.6. The quantitative estimate of drug-likeness (QED) is 0.868. The lowest BCUT2D eigenvalue weighted by Crippen LogP contribution is -2.28. The molecule has 5 nitrogen and oxygen atoms in total. The number of sulfonamides is 1. The Bertz CT molecular complexity index is 538. The molecule has 19 heavy (non-hydrogen) atoms. The van der Waals surface area contributed by atoms with Crippen molar-refractivity contribution in [2.75, 3.05) is 20.8 Å². The molecule has 0 unspecified atom stereocenters. The zero-order valence-corrected chi connectivity index (χ0v) is 12.8. The fourth-order valence-electron chi connectivity index (χ4n) is 1.59. The summed E-state index contributed by atoms with van der Waals surface area (Å²) in [6, 6.07) is 3.14. The van der Waals surface area contributed by atoms with Crippen molar-refractivity contribution in [3.63, 3.8) is 0 Å². The predicted octanol–water partition coefficient (Wildman–Crippen LogP) is 1.95. The van der Waals surface area contributed by atoms with Crippen LogP contribution in [0.4, 0.5) is 0 Å². The molecule has 0 radical (unpaired) electrons. The van der Waals surface area contributed by atoms with Crippen molar-refractivity contribution in [2.45, 2.75) is 25.7 Å². The second kappa shape index (κ2) is 6.25. The van der Waals surface area contributed by atoms with Crippen molar-refractivity contribution in [3.05, 3.63) is 17.7 Å². The Hall–Kier alpha value is -1.27. The van der Waals surface area contributed by atoms with Crippen molar-refractivity contribution < 1.29 is 17.9 Å². The topological polar surface area (TPSA) is 64.6 Å². The van der Waals surface area contributed by atoms with E-state index in [4.69, 9.17) is 9.47 Å². The van der Waals surface area contributed by atoms with E-state index in [1.165, 1.54) is 20.3 Å². The maximum atomic E-state index is 12.2. The van der Waals surface area contributed by atoms with Crippen LogP contribution in [0.5, 0.6) is 11.5 Å². The van der Waals surface area contributed by atoms with Crippen LogP contribution in [0, 0.1) is 12.8 Å². The van der Waals surface area contributed by atoms with Gasteiger partial charge in [0, 0.05) is 12.6 Å². The summed E-state index contributed by atoms with van der Waals surface area (Å²) in [6.45, 7) is 6.09. The van der Waals surface area contributed by atoms with E-state index in [9.17, 15) is 8.42 Å². The first-order valence-electron chi connectivity index (χ1n) is 6.04. The molecule has 1 aromatic rings. The molecule has 0 heterocycles. The van der Waals surface area contributed by atoms with Gasteiger partial charge < -0.3 is 9.47 Å². The van der Waals surface area contributed by atoms with Crippen molar-refractivity contribution in [2.24, 2.45) is 5.92 Å². The fraction of sp³-hybridized carbons (Fsp3) is 0.538. The monoisotopic (exact) mass is 287 g/mol. The highest BCUT2D eigenvalue weighted by atomic mass is 32.2. The summed E-state index contributed by atoms with van der Waals surface area (Å²) in [5, 5.41) is 0. The van der Waals surface area contributed by atoms with E-state index >= 15 is 0 Å². The van der Waals surface area contributed by atoms with Crippen LogP contribution in [-0.4, -0.2) is 29.2 Å². The standard InChI is InChI=1S/C13H21NO4S/c1-9(2)8-14-19(15,16)13-7-11(17-4)10(3)6-12(13)18-5/h6-7,9,14H,8H2,1-5H3. The molecule has 0 saturated carbocycles. The Morgan fingerprint density at radius 2 is 1.74 bits per heavy atom. The minimum absolute atomic E-state index is 0.0955. The minimum Gasteiger partial charge on any atom is -0.496 e. The van der Waals surface area contributed by atoms with Crippen molar-refractivity contribution in [3.8, 4) is 11.5 Å². The van der Waals surface area contributed by atoms with Crippen molar-refractivity contribution in [1.82, 2.24) is 4.72 Å². The van der Waals surface area contributed by atoms with Crippen LogP contribution >= 0.6 is 0 Å². The lowest BCUT2D eigenvalue weighted by Gasteiger charge is -2.14. The van der Waals surface area contributed by atoms with Gasteiger partial charge in [0.1, 0.15) is 16.4 Å². The summed E-state index contributed by atoms with van der Waals surface area (Å²) in [5.41, 5.74) is 0.821. The molecule has 1 N–H and O–H groups in total. The molecule has 0 aliphatic heterocycles. The molecule has 0 aliphatic rings. The molecular weight excluding hydrogens is 266 g/mol. The number of methoxy groups -OCH3 is 2. The molecule has 0 fully saturated rings. The average molecular weight is 287 g/mol. The van der Waals surface area contributed by atoms with Gasteiger partial charge in [0.2, 0.25) is 10.0 Å². The van der Waals surface area contributed by atoms with Gasteiger partial charge in [0.15, 0.2) is 0 Å². The smallest absolute Gasteiger partial charge is 0.244 e. The lowest BCUT2D eigenvalue weighted by molar-refractivity contribution is 0.389. The lowest BCUT2D eigenvalue weighted by atomic mass is 10.2. The van der Waals surface area contributed by atoms with Crippen molar-refractivity contribution in [1.29, 1.82) is 0 Å². The maximum Gasteiger partial charge on any atom is 0.244 e. The molecule has 6 heteroatoms. The minimum atomic E-state index is -3.60. The van der Waals surface area contributed by atoms with E-state index in [0.29, 0.717) is 18.0 Å². The Kier molecular flexibility index (Phi) is 5.20. The van der Waals surface area contributed by atoms with Crippen LogP contribution in [0.1, 0.15) is 19.4 Å². The average Bonchev–Trinajstić information content (AvgIpc) is 2.35. The maximum absolute atomic E-state index is 12.2. The van der Waals surface area contributed by atoms with Crippen LogP contribution in [0.2, 0.25) is 0 Å². The van der Waals surface area contributed by atoms with E-state index < -0.39 is 10.0 Å². The Labute approximate surface area is 115 Å². The number of aryl methyl sites for hydroxylation is 1. The predicted molar refractivity (Wildman–Crippen MR) is 74.3 cm³/mol. The number of nitrogens with one attached hydrogen (secondary N) is 1. The third-order valence-electron chi connectivity index (χ3n) is 2.65. The summed E-state index contributed by atoms with van der Waals surface area (Å²) in [4.78, 5) is 0.0955. The van der Waals surface area contributed by atoms with Crippen LogP contribution in [0.15, 0.2) is 17.0 Å². The van der Waals surface area contributed by atoms with Crippen molar-refractivity contribution >= 4 is 10.0 Å². The molecule has 0 amide bonds. The number of hydrogen-bond donors (Lipinski definition) is 1. The summed E-state index contributed by atoms with van der Waals surface area (Å²) < 4.78 is 37.4. The molecule has 0 aliphatic carbocycles. The highest BCUT2D eigenvalue weighted by molar-refractivity contribution is 7.89. The first-order chi connectivity index (χ1) is 8.81. The van der Waals surface area contributed by atoms with Gasteiger partial charge in [-0.1, -0.05) is 13.8 Å². The van der Waals surface area contributed by atoms with Gasteiger partial charge in [-0.05, 0) is 24.5 Å². The van der Waals surface area contributed by atoms with Gasteiger partial charge in [-0.25, -0.2) is 13.1 Å². The largest absolute Gasteiger partial charge is 0.496 e. The molecule has 108 valence electrons. The normalized spacial score (nSPS) is 11.7. The molecule has 0 atom stereocenters. The second-order valence-electron chi connectivity index (χ2n) is 4.72. The molecule has 1 aromatic carbocycles. The van der Waals surface area contributed by atoms with Gasteiger partial charge in [-0.3, -0.25) is 0 Å². The molecular formula is C13H21NO4S. The summed E-state index contributed by atoms with van der Waals surface area (Å²) in [7, 11) is -0.649. The third kappa shape index (κ3) is 3.84. The van der Waals surface area contributed by atoms with Crippen LogP contribution in [0.3, 0.4) is 0 Å². The Morgan fingerprint density at radius 3 is 2.21 bits per heavy atom. The van der Waals surface area contributed by atoms with Gasteiger partial charge in [0.25, 0.3) is 0 Å². The first-order valence-corrected chi connectivity index (χ1v) is 7.52. The molecule has 0 bridgehead atoms. The highest BCUT2D eigenvalue weighted by Crippen LogP contribution is 2.31. The van der Waals surface area contributed by atoms with E-state index in [0.717, 1.165) is 5.56 Å². The van der Waals surface area contributed by atoms with Crippen LogP contribution in [-0.2, 0) is 10.0 Å². The third-order valence-corrected chi connectivity index (χ3v) is 4.10. The van der Waals surface area contributed by atoms with E-state index in [1.54, 1.807) is 6.07 Å². The SMILES string of the molecule is COc1cc(S(=O)(=O)NCC(C)C)c(OC)cc1C. The zero-order valence-electron chi connectivity index (χ0n) is 12.0. The number of rotatable bonds is 6. The van der Waals surface area contributed by atoms with Gasteiger partial charge in [0.05, 0.1) is 14.2 Å². The number of hydrogen-bond acceptors (Lipinski definition) is 4. The number of benzene rings is 1. The fourth-order valence-corrected chi connectivity index (χ4v) is 2.96. The summed E-state index contributed by atoms with van der Waals surface area (Å²) >= 11 is 0. The van der Waals surface area contributed by atoms with Gasteiger partial charge in [-0.15, -0.1) is 0 Å². The highest BCUT2D eigenvalue weighted by Gasteiger charge is 2.21. The molecule has 1 rings (SSSR count). The van der Waals surface area contributed by atoms with E-state index in [-0.39, 0.29) is 10.8 Å². The van der Waals surface area contributed by atoms with Gasteiger partial charge in [-0.2, -0.15) is 0 Å². The Balaban J connectivity index is 3.24. The summed E-state index contributed by atoms with van der Waals surface area (Å²) in [6.07, 6.45) is 0. The summed E-state index contributed by atoms with van der Waals surface area (Å²) in [5.74, 6) is 1.06. The Morgan fingerprint density at radius 1 is 1.16 bits per heavy atom.